The molecule has 5 nitrogen and oxygen atoms in total. The number of para-hydroxylation sites is 1. The molecule has 0 saturated carbocycles. The molecule has 0 atom stereocenters. The van der Waals surface area contributed by atoms with Gasteiger partial charge in [-0.25, -0.2) is 5.43 Å². The summed E-state index contributed by atoms with van der Waals surface area (Å²) in [5, 5.41) is 0. The normalized spacial score (nSPS) is 9.79. The van der Waals surface area contributed by atoms with E-state index < -0.39 is 0 Å². The number of nitrogens with one attached hydrogen (secondary N) is 2. The molecule has 0 unspecified atom stereocenters. The van der Waals surface area contributed by atoms with Gasteiger partial charge in [0, 0.05) is 18.8 Å². The molecule has 1 aromatic carbocycles. The lowest BCUT2D eigenvalue weighted by atomic mass is 10.2. The summed E-state index contributed by atoms with van der Waals surface area (Å²) < 4.78 is 0. The Bertz CT molecular complexity index is 313. The number of nitrogen functional groups attached to an aromatic ring is 1. The first-order valence-corrected chi connectivity index (χ1v) is 4.33. The minimum Gasteiger partial charge on any atom is -0.398 e. The molecule has 1 aromatic rings. The number of benzene rings is 1. The molecule has 0 aliphatic heterocycles. The maximum atomic E-state index is 11.4. The minimum absolute atomic E-state index is 0.253. The minimum atomic E-state index is -0.253. The zero-order valence-corrected chi connectivity index (χ0v) is 7.79. The van der Waals surface area contributed by atoms with E-state index in [1.54, 1.807) is 24.3 Å². The number of nitrogens with two attached hydrogens (primary N) is 2. The van der Waals surface area contributed by atoms with Crippen LogP contribution in [0.15, 0.2) is 24.3 Å². The maximum Gasteiger partial charge on any atom is 0.267 e. The van der Waals surface area contributed by atoms with Crippen molar-refractivity contribution in [1.82, 2.24) is 10.9 Å². The lowest BCUT2D eigenvalue weighted by Crippen LogP contribution is -2.40. The van der Waals surface area contributed by atoms with Crippen LogP contribution in [0.5, 0.6) is 0 Å². The third kappa shape index (κ3) is 2.72. The molecule has 0 aliphatic carbocycles. The number of amides is 1. The van der Waals surface area contributed by atoms with Crippen LogP contribution >= 0.6 is 0 Å². The number of rotatable bonds is 4. The Labute approximate surface area is 82.4 Å². The van der Waals surface area contributed by atoms with E-state index in [0.717, 1.165) is 0 Å². The van der Waals surface area contributed by atoms with Gasteiger partial charge in [0.05, 0.1) is 5.56 Å². The van der Waals surface area contributed by atoms with E-state index in [1.807, 2.05) is 0 Å². The van der Waals surface area contributed by atoms with Crippen LogP contribution in [0.1, 0.15) is 10.4 Å². The number of anilines is 1. The first-order valence-electron chi connectivity index (χ1n) is 4.33. The second kappa shape index (κ2) is 5.21. The van der Waals surface area contributed by atoms with Crippen molar-refractivity contribution >= 4 is 11.6 Å². The van der Waals surface area contributed by atoms with E-state index >= 15 is 0 Å². The van der Waals surface area contributed by atoms with Gasteiger partial charge in [0.25, 0.3) is 5.91 Å². The van der Waals surface area contributed by atoms with Gasteiger partial charge in [-0.2, -0.15) is 0 Å². The van der Waals surface area contributed by atoms with Crippen LogP contribution in [-0.4, -0.2) is 19.0 Å². The van der Waals surface area contributed by atoms with Crippen molar-refractivity contribution in [3.05, 3.63) is 29.8 Å². The summed E-state index contributed by atoms with van der Waals surface area (Å²) in [6, 6.07) is 6.88. The summed E-state index contributed by atoms with van der Waals surface area (Å²) in [6.45, 7) is 0.989. The van der Waals surface area contributed by atoms with Crippen LogP contribution in [0.25, 0.3) is 0 Å². The van der Waals surface area contributed by atoms with Gasteiger partial charge in [0.2, 0.25) is 0 Å². The molecule has 0 bridgehead atoms. The fourth-order valence-electron chi connectivity index (χ4n) is 0.986. The Morgan fingerprint density at radius 1 is 1.36 bits per heavy atom. The van der Waals surface area contributed by atoms with Crippen LogP contribution in [0.4, 0.5) is 5.69 Å². The quantitative estimate of drug-likeness (QED) is 0.294. The Kier molecular flexibility index (Phi) is 3.90. The molecule has 1 amide bonds. The topological polar surface area (TPSA) is 93.2 Å². The second-order valence-corrected chi connectivity index (χ2v) is 2.76. The molecular weight excluding hydrogens is 180 g/mol. The zero-order chi connectivity index (χ0) is 10.4. The maximum absolute atomic E-state index is 11.4. The first-order chi connectivity index (χ1) is 6.75. The Hall–Kier alpha value is -1.59. The summed E-state index contributed by atoms with van der Waals surface area (Å²) in [5.74, 6) is -0.253. The van der Waals surface area contributed by atoms with Crippen LogP contribution < -0.4 is 22.3 Å². The molecule has 1 rings (SSSR count). The monoisotopic (exact) mass is 194 g/mol. The van der Waals surface area contributed by atoms with Crippen molar-refractivity contribution in [3.8, 4) is 0 Å². The highest BCUT2D eigenvalue weighted by Gasteiger charge is 2.06. The van der Waals surface area contributed by atoms with Crippen LogP contribution in [-0.2, 0) is 0 Å². The third-order valence-corrected chi connectivity index (χ3v) is 1.68. The van der Waals surface area contributed by atoms with E-state index in [0.29, 0.717) is 24.3 Å². The van der Waals surface area contributed by atoms with Crippen LogP contribution in [0.3, 0.4) is 0 Å². The number of hydrogen-bond acceptors (Lipinski definition) is 4. The SMILES string of the molecule is NCCNNC(=O)c1ccccc1N. The average Bonchev–Trinajstić information content (AvgIpc) is 2.18. The van der Waals surface area contributed by atoms with Crippen molar-refractivity contribution in [1.29, 1.82) is 0 Å². The number of carbonyl (C=O) groups excluding carboxylic acids is 1. The van der Waals surface area contributed by atoms with E-state index in [4.69, 9.17) is 11.5 Å². The highest BCUT2D eigenvalue weighted by molar-refractivity contribution is 5.98. The Morgan fingerprint density at radius 2 is 2.07 bits per heavy atom. The van der Waals surface area contributed by atoms with Crippen molar-refractivity contribution in [2.75, 3.05) is 18.8 Å². The molecule has 0 spiro atoms. The van der Waals surface area contributed by atoms with Gasteiger partial charge >= 0.3 is 0 Å². The zero-order valence-electron chi connectivity index (χ0n) is 7.79. The summed E-state index contributed by atoms with van der Waals surface area (Å²) in [7, 11) is 0. The predicted octanol–water partition coefficient (Wildman–Crippen LogP) is -0.538. The smallest absolute Gasteiger partial charge is 0.267 e. The largest absolute Gasteiger partial charge is 0.398 e. The van der Waals surface area contributed by atoms with Crippen molar-refractivity contribution in [3.63, 3.8) is 0 Å². The predicted molar refractivity (Wildman–Crippen MR) is 55.4 cm³/mol. The molecule has 14 heavy (non-hydrogen) atoms. The molecule has 6 N–H and O–H groups in total. The summed E-state index contributed by atoms with van der Waals surface area (Å²) in [4.78, 5) is 11.4. The Balaban J connectivity index is 2.56. The van der Waals surface area contributed by atoms with Crippen molar-refractivity contribution in [2.24, 2.45) is 5.73 Å². The van der Waals surface area contributed by atoms with Gasteiger partial charge in [0.1, 0.15) is 0 Å². The van der Waals surface area contributed by atoms with Crippen LogP contribution in [0.2, 0.25) is 0 Å². The molecule has 76 valence electrons. The summed E-state index contributed by atoms with van der Waals surface area (Å²) in [6.07, 6.45) is 0. The molecule has 0 saturated heterocycles. The van der Waals surface area contributed by atoms with Gasteiger partial charge in [0.15, 0.2) is 0 Å². The van der Waals surface area contributed by atoms with E-state index in [-0.39, 0.29) is 5.91 Å². The number of hydrogen-bond donors (Lipinski definition) is 4. The van der Waals surface area contributed by atoms with Crippen molar-refractivity contribution < 1.29 is 4.79 Å². The van der Waals surface area contributed by atoms with Gasteiger partial charge in [-0.05, 0) is 12.1 Å². The molecule has 0 aromatic heterocycles. The van der Waals surface area contributed by atoms with Crippen molar-refractivity contribution in [2.45, 2.75) is 0 Å². The van der Waals surface area contributed by atoms with Gasteiger partial charge < -0.3 is 11.5 Å². The molecule has 0 heterocycles. The number of carbonyl (C=O) groups is 1. The second-order valence-electron chi connectivity index (χ2n) is 2.76. The van der Waals surface area contributed by atoms with Gasteiger partial charge in [-0.15, -0.1) is 0 Å². The molecule has 0 aliphatic rings. The van der Waals surface area contributed by atoms with E-state index in [2.05, 4.69) is 10.9 Å². The molecule has 5 heteroatoms. The van der Waals surface area contributed by atoms with E-state index in [1.165, 1.54) is 0 Å². The van der Waals surface area contributed by atoms with Gasteiger partial charge in [-0.1, -0.05) is 12.1 Å². The Morgan fingerprint density at radius 3 is 2.71 bits per heavy atom. The first kappa shape index (κ1) is 10.5. The molecular formula is C9H14N4O. The summed E-state index contributed by atoms with van der Waals surface area (Å²) in [5.41, 5.74) is 16.9. The highest BCUT2D eigenvalue weighted by atomic mass is 16.2. The lowest BCUT2D eigenvalue weighted by Gasteiger charge is -2.07. The highest BCUT2D eigenvalue weighted by Crippen LogP contribution is 2.09. The number of hydrazine groups is 1. The lowest BCUT2D eigenvalue weighted by molar-refractivity contribution is 0.0935. The fraction of sp³-hybridized carbons (Fsp3) is 0.222. The molecule has 0 fully saturated rings. The third-order valence-electron chi connectivity index (χ3n) is 1.68. The molecule has 0 radical (unpaired) electrons. The average molecular weight is 194 g/mol. The van der Waals surface area contributed by atoms with Crippen LogP contribution in [0, 0.1) is 0 Å². The van der Waals surface area contributed by atoms with Gasteiger partial charge in [-0.3, -0.25) is 10.2 Å². The van der Waals surface area contributed by atoms with E-state index in [9.17, 15) is 4.79 Å². The standard InChI is InChI=1S/C9H14N4O/c10-5-6-12-13-9(14)7-3-1-2-4-8(7)11/h1-4,12H,5-6,10-11H2,(H,13,14). The summed E-state index contributed by atoms with van der Waals surface area (Å²) >= 11 is 0. The fourth-order valence-corrected chi connectivity index (χ4v) is 0.986.